The molecule has 9 N–H and O–H groups in total. The number of hydrogen-bond acceptors (Lipinski definition) is 12. The van der Waals surface area contributed by atoms with Crippen LogP contribution in [0.3, 0.4) is 0 Å². The van der Waals surface area contributed by atoms with E-state index < -0.39 is 36.7 Å². The van der Waals surface area contributed by atoms with Crippen LogP contribution in [0.4, 0.5) is 11.9 Å². The zero-order chi connectivity index (χ0) is 22.3. The van der Waals surface area contributed by atoms with Crippen LogP contribution in [-0.4, -0.2) is 76.2 Å². The minimum absolute atomic E-state index is 0.0544. The van der Waals surface area contributed by atoms with Crippen LogP contribution in [0.2, 0.25) is 0 Å². The Labute approximate surface area is 172 Å². The molecular formula is C17H19N7O7. The molecule has 1 aromatic carbocycles. The second-order valence-corrected chi connectivity index (χ2v) is 6.77. The highest BCUT2D eigenvalue weighted by Gasteiger charge is 2.45. The van der Waals surface area contributed by atoms with Gasteiger partial charge in [0.15, 0.2) is 17.4 Å². The molecule has 14 nitrogen and oxygen atoms in total. The first-order chi connectivity index (χ1) is 14.8. The van der Waals surface area contributed by atoms with Crippen molar-refractivity contribution in [1.82, 2.24) is 19.5 Å². The monoisotopic (exact) mass is 433 g/mol. The lowest BCUT2D eigenvalue weighted by Crippen LogP contribution is -2.33. The molecule has 4 rings (SSSR count). The van der Waals surface area contributed by atoms with Crippen molar-refractivity contribution in [2.45, 2.75) is 24.5 Å². The van der Waals surface area contributed by atoms with E-state index in [1.54, 1.807) is 0 Å². The number of aromatic hydroxyl groups is 2. The Hall–Kier alpha value is -3.72. The van der Waals surface area contributed by atoms with Crippen LogP contribution in [0.1, 0.15) is 11.8 Å². The highest BCUT2D eigenvalue weighted by atomic mass is 16.6. The molecule has 3 aromatic rings. The Balaban J connectivity index is 1.76. The molecule has 1 aliphatic heterocycles. The number of imidazole rings is 1. The largest absolute Gasteiger partial charge is 0.508 e. The fraction of sp³-hybridized carbons (Fsp3) is 0.294. The lowest BCUT2D eigenvalue weighted by Gasteiger charge is -2.18. The van der Waals surface area contributed by atoms with E-state index in [2.05, 4.69) is 25.5 Å². The molecule has 14 heteroatoms. The lowest BCUT2D eigenvalue weighted by atomic mass is 10.1. The fourth-order valence-corrected chi connectivity index (χ4v) is 3.21. The minimum Gasteiger partial charge on any atom is -0.508 e. The molecule has 1 fully saturated rings. The Morgan fingerprint density at radius 3 is 2.74 bits per heavy atom. The van der Waals surface area contributed by atoms with Crippen molar-refractivity contribution < 1.29 is 30.3 Å². The Morgan fingerprint density at radius 2 is 2.06 bits per heavy atom. The van der Waals surface area contributed by atoms with Crippen LogP contribution >= 0.6 is 0 Å². The van der Waals surface area contributed by atoms with Crippen molar-refractivity contribution in [2.75, 3.05) is 17.8 Å². The molecule has 0 aliphatic carbocycles. The number of benzene rings is 1. The number of aromatic nitrogens is 4. The van der Waals surface area contributed by atoms with E-state index in [0.717, 1.165) is 6.07 Å². The maximum Gasteiger partial charge on any atom is 0.280 e. The predicted molar refractivity (Wildman–Crippen MR) is 107 cm³/mol. The average molecular weight is 433 g/mol. The van der Waals surface area contributed by atoms with E-state index in [9.17, 15) is 30.3 Å². The van der Waals surface area contributed by atoms with Gasteiger partial charge in [0.05, 0.1) is 12.8 Å². The average Bonchev–Trinajstić information content (AvgIpc) is 3.21. The molecule has 0 amide bonds. The number of nitrogen functional groups attached to an aromatic ring is 1. The number of ether oxygens (including phenoxy) is 1. The van der Waals surface area contributed by atoms with Gasteiger partial charge < -0.3 is 36.0 Å². The summed E-state index contributed by atoms with van der Waals surface area (Å²) in [4.78, 5) is 22.7. The summed E-state index contributed by atoms with van der Waals surface area (Å²) in [6.07, 6.45) is -4.02. The SMILES string of the molecule is Nc1nc2c(nc(N/N=C\c3ccc(O)cc3O)n2[C@@H]2O[C@H](CO)[C@@H](O)[C@@H]2O)c(=O)[nH]1. The fourth-order valence-electron chi connectivity index (χ4n) is 3.21. The maximum atomic E-state index is 12.3. The molecule has 4 atom stereocenters. The first-order valence-corrected chi connectivity index (χ1v) is 9.01. The zero-order valence-electron chi connectivity index (χ0n) is 15.7. The number of aliphatic hydroxyl groups excluding tert-OH is 3. The van der Waals surface area contributed by atoms with E-state index in [4.69, 9.17) is 10.5 Å². The number of aromatic amines is 1. The van der Waals surface area contributed by atoms with Crippen LogP contribution in [0.5, 0.6) is 11.5 Å². The van der Waals surface area contributed by atoms with E-state index >= 15 is 0 Å². The molecule has 31 heavy (non-hydrogen) atoms. The van der Waals surface area contributed by atoms with Gasteiger partial charge in [-0.2, -0.15) is 10.1 Å². The molecular weight excluding hydrogens is 414 g/mol. The number of fused-ring (bicyclic) bond motifs is 1. The third-order valence-corrected chi connectivity index (χ3v) is 4.72. The van der Waals surface area contributed by atoms with Gasteiger partial charge in [0.25, 0.3) is 5.56 Å². The van der Waals surface area contributed by atoms with Crippen LogP contribution < -0.4 is 16.7 Å². The summed E-state index contributed by atoms with van der Waals surface area (Å²) in [6, 6.07) is 3.89. The number of rotatable bonds is 5. The highest BCUT2D eigenvalue weighted by molar-refractivity contribution is 5.84. The standard InChI is InChI=1S/C17H19N7O7/c18-16-21-13-10(14(30)22-16)20-17(23-19-4-6-1-2-7(26)3-8(6)27)24(13)15-12(29)11(28)9(5-25)31-15/h1-4,9,11-12,15,25-29H,5H2,(H,20,23)(H3,18,21,22,30)/b19-4-/t9-,11-,12+,15-/m1/s1. The van der Waals surface area contributed by atoms with Gasteiger partial charge >= 0.3 is 0 Å². The van der Waals surface area contributed by atoms with Crippen LogP contribution in [0, 0.1) is 0 Å². The zero-order valence-corrected chi connectivity index (χ0v) is 15.7. The Bertz CT molecular complexity index is 1210. The number of hydrazone groups is 1. The topological polar surface area (TPSA) is 224 Å². The number of anilines is 2. The number of hydrogen-bond donors (Lipinski definition) is 8. The van der Waals surface area contributed by atoms with Gasteiger partial charge in [-0.1, -0.05) is 0 Å². The van der Waals surface area contributed by atoms with Gasteiger partial charge in [0.2, 0.25) is 11.9 Å². The van der Waals surface area contributed by atoms with Crippen molar-refractivity contribution in [3.8, 4) is 11.5 Å². The van der Waals surface area contributed by atoms with E-state index in [1.165, 1.54) is 22.9 Å². The molecule has 0 bridgehead atoms. The summed E-state index contributed by atoms with van der Waals surface area (Å²) < 4.78 is 6.70. The third-order valence-electron chi connectivity index (χ3n) is 4.72. The van der Waals surface area contributed by atoms with Crippen LogP contribution in [0.25, 0.3) is 11.2 Å². The first-order valence-electron chi connectivity index (χ1n) is 9.01. The van der Waals surface area contributed by atoms with Gasteiger partial charge in [0.1, 0.15) is 29.8 Å². The smallest absolute Gasteiger partial charge is 0.280 e. The van der Waals surface area contributed by atoms with E-state index in [-0.39, 0.29) is 40.1 Å². The van der Waals surface area contributed by atoms with E-state index in [1.807, 2.05) is 0 Å². The molecule has 0 radical (unpaired) electrons. The predicted octanol–water partition coefficient (Wildman–Crippen LogP) is -1.83. The first kappa shape index (κ1) is 20.5. The van der Waals surface area contributed by atoms with Crippen molar-refractivity contribution in [2.24, 2.45) is 5.10 Å². The third kappa shape index (κ3) is 3.64. The van der Waals surface area contributed by atoms with E-state index in [0.29, 0.717) is 0 Å². The second-order valence-electron chi connectivity index (χ2n) is 6.77. The highest BCUT2D eigenvalue weighted by Crippen LogP contribution is 2.34. The Morgan fingerprint density at radius 1 is 1.29 bits per heavy atom. The summed E-state index contributed by atoms with van der Waals surface area (Å²) in [5.41, 5.74) is 7.60. The molecule has 1 aliphatic rings. The number of nitrogens with zero attached hydrogens (tertiary/aromatic N) is 4. The van der Waals surface area contributed by atoms with Gasteiger partial charge in [-0.25, -0.2) is 10.4 Å². The molecule has 0 spiro atoms. The number of H-pyrrole nitrogens is 1. The number of phenols is 2. The van der Waals surface area contributed by atoms with Gasteiger partial charge in [0, 0.05) is 11.6 Å². The second kappa shape index (κ2) is 7.84. The number of nitrogens with two attached hydrogens (primary N) is 1. The van der Waals surface area contributed by atoms with Gasteiger partial charge in [-0.15, -0.1) is 0 Å². The number of phenolic OH excluding ortho intramolecular Hbond substituents is 2. The number of aliphatic hydroxyl groups is 3. The summed E-state index contributed by atoms with van der Waals surface area (Å²) in [5.74, 6) is -0.664. The molecule has 0 saturated carbocycles. The quantitative estimate of drug-likeness (QED) is 0.165. The number of nitrogens with one attached hydrogen (secondary N) is 2. The molecule has 2 aromatic heterocycles. The van der Waals surface area contributed by atoms with Crippen molar-refractivity contribution in [3.05, 3.63) is 34.1 Å². The van der Waals surface area contributed by atoms with Gasteiger partial charge in [-0.05, 0) is 12.1 Å². The van der Waals surface area contributed by atoms with Gasteiger partial charge in [-0.3, -0.25) is 14.3 Å². The summed E-state index contributed by atoms with van der Waals surface area (Å²) in [5, 5.41) is 53.0. The summed E-state index contributed by atoms with van der Waals surface area (Å²) in [7, 11) is 0. The molecule has 1 saturated heterocycles. The normalized spacial score (nSPS) is 23.7. The molecule has 3 heterocycles. The van der Waals surface area contributed by atoms with Crippen molar-refractivity contribution in [1.29, 1.82) is 0 Å². The Kier molecular flexibility index (Phi) is 5.20. The summed E-state index contributed by atoms with van der Waals surface area (Å²) in [6.45, 7) is -0.557. The molecule has 0 unspecified atom stereocenters. The van der Waals surface area contributed by atoms with Crippen molar-refractivity contribution in [3.63, 3.8) is 0 Å². The maximum absolute atomic E-state index is 12.3. The summed E-state index contributed by atoms with van der Waals surface area (Å²) >= 11 is 0. The van der Waals surface area contributed by atoms with Crippen LogP contribution in [0.15, 0.2) is 28.1 Å². The lowest BCUT2D eigenvalue weighted by molar-refractivity contribution is -0.0501. The minimum atomic E-state index is -1.48. The van der Waals surface area contributed by atoms with Crippen LogP contribution in [-0.2, 0) is 4.74 Å². The van der Waals surface area contributed by atoms with Crippen molar-refractivity contribution >= 4 is 29.3 Å². The molecule has 164 valence electrons.